The first-order valence-electron chi connectivity index (χ1n) is 6.77. The van der Waals surface area contributed by atoms with Crippen molar-refractivity contribution in [2.45, 2.75) is 31.9 Å². The first-order valence-corrected chi connectivity index (χ1v) is 6.77. The molecule has 0 radical (unpaired) electrons. The minimum absolute atomic E-state index is 0.125. The number of hydrogen-bond donors (Lipinski definition) is 2. The molecule has 0 unspecified atom stereocenters. The standard InChI is InChI=1S/C15H22N2O4/c1-11(12-7-5-4-6-8-12)16-14(19)9-13(18)10-15(20)17(2)21-3/h4-8,11,13,18H,9-10H2,1-3H3,(H,16,19)/t11-,13-/m0/s1. The zero-order valence-electron chi connectivity index (χ0n) is 12.6. The summed E-state index contributed by atoms with van der Waals surface area (Å²) in [7, 11) is 2.81. The van der Waals surface area contributed by atoms with Gasteiger partial charge in [0.05, 0.1) is 32.1 Å². The minimum Gasteiger partial charge on any atom is -0.392 e. The van der Waals surface area contributed by atoms with Crippen LogP contribution in [0.4, 0.5) is 0 Å². The zero-order chi connectivity index (χ0) is 15.8. The van der Waals surface area contributed by atoms with Crippen LogP contribution in [0.2, 0.25) is 0 Å². The van der Waals surface area contributed by atoms with Crippen LogP contribution in [0.25, 0.3) is 0 Å². The van der Waals surface area contributed by atoms with Gasteiger partial charge in [-0.2, -0.15) is 0 Å². The molecule has 0 fully saturated rings. The SMILES string of the molecule is CON(C)C(=O)C[C@@H](O)CC(=O)N[C@@H](C)c1ccccc1. The van der Waals surface area contributed by atoms with Crippen molar-refractivity contribution in [1.82, 2.24) is 10.4 Å². The molecule has 0 saturated heterocycles. The van der Waals surface area contributed by atoms with E-state index in [9.17, 15) is 14.7 Å². The summed E-state index contributed by atoms with van der Waals surface area (Å²) in [4.78, 5) is 28.1. The normalized spacial score (nSPS) is 13.3. The van der Waals surface area contributed by atoms with Crippen molar-refractivity contribution < 1.29 is 19.5 Å². The number of aliphatic hydroxyl groups is 1. The number of aliphatic hydroxyl groups excluding tert-OH is 1. The molecule has 0 aliphatic rings. The second-order valence-electron chi connectivity index (χ2n) is 4.84. The highest BCUT2D eigenvalue weighted by molar-refractivity contribution is 5.79. The third-order valence-electron chi connectivity index (χ3n) is 3.13. The van der Waals surface area contributed by atoms with E-state index in [1.54, 1.807) is 0 Å². The molecule has 0 aliphatic heterocycles. The van der Waals surface area contributed by atoms with Gasteiger partial charge in [-0.25, -0.2) is 5.06 Å². The predicted molar refractivity (Wildman–Crippen MR) is 78.0 cm³/mol. The fraction of sp³-hybridized carbons (Fsp3) is 0.467. The number of nitrogens with zero attached hydrogens (tertiary/aromatic N) is 1. The van der Waals surface area contributed by atoms with Crippen molar-refractivity contribution in [3.8, 4) is 0 Å². The van der Waals surface area contributed by atoms with Crippen LogP contribution in [0.1, 0.15) is 31.4 Å². The van der Waals surface area contributed by atoms with Gasteiger partial charge in [-0.3, -0.25) is 14.4 Å². The largest absolute Gasteiger partial charge is 0.392 e. The van der Waals surface area contributed by atoms with Crippen LogP contribution >= 0.6 is 0 Å². The fourth-order valence-electron chi connectivity index (χ4n) is 1.84. The Morgan fingerprint density at radius 1 is 1.29 bits per heavy atom. The monoisotopic (exact) mass is 294 g/mol. The van der Waals surface area contributed by atoms with Crippen LogP contribution in [0.15, 0.2) is 30.3 Å². The molecule has 1 aromatic rings. The Morgan fingerprint density at radius 2 is 1.90 bits per heavy atom. The summed E-state index contributed by atoms with van der Waals surface area (Å²) in [6, 6.07) is 9.37. The van der Waals surface area contributed by atoms with Gasteiger partial charge in [-0.05, 0) is 12.5 Å². The average molecular weight is 294 g/mol. The van der Waals surface area contributed by atoms with Gasteiger partial charge in [0.1, 0.15) is 0 Å². The first kappa shape index (κ1) is 17.1. The Balaban J connectivity index is 2.41. The van der Waals surface area contributed by atoms with Gasteiger partial charge in [0, 0.05) is 7.05 Å². The third-order valence-corrected chi connectivity index (χ3v) is 3.13. The van der Waals surface area contributed by atoms with Gasteiger partial charge in [-0.15, -0.1) is 0 Å². The number of hydrogen-bond acceptors (Lipinski definition) is 4. The van der Waals surface area contributed by atoms with E-state index < -0.39 is 6.10 Å². The van der Waals surface area contributed by atoms with E-state index in [1.165, 1.54) is 14.2 Å². The molecule has 2 amide bonds. The lowest BCUT2D eigenvalue weighted by Gasteiger charge is -2.18. The summed E-state index contributed by atoms with van der Waals surface area (Å²) in [6.07, 6.45) is -1.31. The molecule has 0 saturated carbocycles. The van der Waals surface area contributed by atoms with E-state index in [-0.39, 0.29) is 30.7 Å². The molecule has 0 aromatic heterocycles. The Labute approximate surface area is 124 Å². The first-order chi connectivity index (χ1) is 9.93. The Hall–Kier alpha value is -1.92. The number of amides is 2. The molecule has 1 aromatic carbocycles. The van der Waals surface area contributed by atoms with Crippen LogP contribution in [-0.4, -0.2) is 42.2 Å². The van der Waals surface area contributed by atoms with E-state index in [0.29, 0.717) is 0 Å². The Kier molecular flexibility index (Phi) is 6.84. The second kappa shape index (κ2) is 8.39. The van der Waals surface area contributed by atoms with Crippen LogP contribution in [0.3, 0.4) is 0 Å². The van der Waals surface area contributed by atoms with Crippen molar-refractivity contribution in [3.63, 3.8) is 0 Å². The number of benzene rings is 1. The van der Waals surface area contributed by atoms with Gasteiger partial charge >= 0.3 is 0 Å². The number of carbonyl (C=O) groups excluding carboxylic acids is 2. The summed E-state index contributed by atoms with van der Waals surface area (Å²) >= 11 is 0. The summed E-state index contributed by atoms with van der Waals surface area (Å²) in [5, 5.41) is 13.6. The maximum absolute atomic E-state index is 11.8. The molecule has 2 N–H and O–H groups in total. The molecule has 116 valence electrons. The van der Waals surface area contributed by atoms with Gasteiger partial charge in [-0.1, -0.05) is 30.3 Å². The molecular formula is C15H22N2O4. The highest BCUT2D eigenvalue weighted by Gasteiger charge is 2.18. The summed E-state index contributed by atoms with van der Waals surface area (Å²) in [6.45, 7) is 1.86. The molecular weight excluding hydrogens is 272 g/mol. The molecule has 0 bridgehead atoms. The van der Waals surface area contributed by atoms with Crippen molar-refractivity contribution in [2.24, 2.45) is 0 Å². The molecule has 1 rings (SSSR count). The van der Waals surface area contributed by atoms with Gasteiger partial charge in [0.2, 0.25) is 11.8 Å². The number of carbonyl (C=O) groups is 2. The van der Waals surface area contributed by atoms with Crippen LogP contribution in [0, 0.1) is 0 Å². The average Bonchev–Trinajstić information content (AvgIpc) is 2.46. The maximum Gasteiger partial charge on any atom is 0.248 e. The Morgan fingerprint density at radius 3 is 2.48 bits per heavy atom. The number of rotatable bonds is 7. The fourth-order valence-corrected chi connectivity index (χ4v) is 1.84. The van der Waals surface area contributed by atoms with Crippen molar-refractivity contribution in [2.75, 3.05) is 14.2 Å². The molecule has 0 heterocycles. The van der Waals surface area contributed by atoms with E-state index in [0.717, 1.165) is 10.6 Å². The Bertz CT molecular complexity index is 464. The number of nitrogens with one attached hydrogen (secondary N) is 1. The van der Waals surface area contributed by atoms with Crippen molar-refractivity contribution >= 4 is 11.8 Å². The lowest BCUT2D eigenvalue weighted by Crippen LogP contribution is -2.33. The van der Waals surface area contributed by atoms with Crippen LogP contribution in [-0.2, 0) is 14.4 Å². The molecule has 6 heteroatoms. The lowest BCUT2D eigenvalue weighted by molar-refractivity contribution is -0.170. The lowest BCUT2D eigenvalue weighted by atomic mass is 10.1. The quantitative estimate of drug-likeness (QED) is 0.736. The summed E-state index contributed by atoms with van der Waals surface area (Å²) < 4.78 is 0. The van der Waals surface area contributed by atoms with Gasteiger partial charge < -0.3 is 10.4 Å². The number of hydroxylamine groups is 2. The molecule has 2 atom stereocenters. The summed E-state index contributed by atoms with van der Waals surface area (Å²) in [5.41, 5.74) is 0.982. The van der Waals surface area contributed by atoms with E-state index in [1.807, 2.05) is 37.3 Å². The minimum atomic E-state index is -1.03. The molecule has 0 aliphatic carbocycles. The zero-order valence-corrected chi connectivity index (χ0v) is 12.6. The molecule has 21 heavy (non-hydrogen) atoms. The second-order valence-corrected chi connectivity index (χ2v) is 4.84. The maximum atomic E-state index is 11.8. The van der Waals surface area contributed by atoms with E-state index in [2.05, 4.69) is 5.32 Å². The summed E-state index contributed by atoms with van der Waals surface area (Å²) in [5.74, 6) is -0.680. The molecule has 6 nitrogen and oxygen atoms in total. The molecule has 0 spiro atoms. The highest BCUT2D eigenvalue weighted by atomic mass is 16.7. The van der Waals surface area contributed by atoms with E-state index in [4.69, 9.17) is 4.84 Å². The topological polar surface area (TPSA) is 78.9 Å². The van der Waals surface area contributed by atoms with Crippen LogP contribution < -0.4 is 5.32 Å². The van der Waals surface area contributed by atoms with Gasteiger partial charge in [0.15, 0.2) is 0 Å². The van der Waals surface area contributed by atoms with Crippen LogP contribution in [0.5, 0.6) is 0 Å². The predicted octanol–water partition coefficient (Wildman–Crippen LogP) is 1.02. The van der Waals surface area contributed by atoms with Crippen molar-refractivity contribution in [1.29, 1.82) is 0 Å². The van der Waals surface area contributed by atoms with Gasteiger partial charge in [0.25, 0.3) is 0 Å². The smallest absolute Gasteiger partial charge is 0.248 e. The van der Waals surface area contributed by atoms with E-state index >= 15 is 0 Å². The van der Waals surface area contributed by atoms with Crippen molar-refractivity contribution in [3.05, 3.63) is 35.9 Å². The third kappa shape index (κ3) is 5.93. The highest BCUT2D eigenvalue weighted by Crippen LogP contribution is 2.12.